The Balaban J connectivity index is 2.86. The van der Waals surface area contributed by atoms with Gasteiger partial charge in [-0.2, -0.15) is 0 Å². The monoisotopic (exact) mass is 170 g/mol. The molecule has 1 aromatic rings. The van der Waals surface area contributed by atoms with Crippen LogP contribution >= 0.6 is 12.6 Å². The Morgan fingerprint density at radius 3 is 2.73 bits per heavy atom. The second-order valence-electron chi connectivity index (χ2n) is 2.03. The number of hydrogen-bond acceptors (Lipinski definition) is 4. The molecule has 11 heavy (non-hydrogen) atoms. The first-order valence-corrected chi connectivity index (χ1v) is 3.60. The van der Waals surface area contributed by atoms with Gasteiger partial charge in [0.1, 0.15) is 12.5 Å². The summed E-state index contributed by atoms with van der Waals surface area (Å²) in [5.41, 5.74) is 11.3. The van der Waals surface area contributed by atoms with Crippen LogP contribution in [-0.2, 0) is 0 Å². The number of benzene rings is 1. The van der Waals surface area contributed by atoms with Gasteiger partial charge in [-0.15, -0.1) is 12.6 Å². The Labute approximate surface area is 70.7 Å². The maximum atomic E-state index is 5.55. The quantitative estimate of drug-likeness (QED) is 0.350. The lowest BCUT2D eigenvalue weighted by Crippen LogP contribution is -2.07. The van der Waals surface area contributed by atoms with E-state index in [4.69, 9.17) is 16.2 Å². The minimum Gasteiger partial charge on any atom is -0.479 e. The van der Waals surface area contributed by atoms with Crippen molar-refractivity contribution < 1.29 is 4.74 Å². The lowest BCUT2D eigenvalue weighted by Gasteiger charge is -2.04. The zero-order valence-electron chi connectivity index (χ0n) is 5.95. The fraction of sp³-hybridized carbons (Fsp3) is 0.143. The fourth-order valence-corrected chi connectivity index (χ4v) is 0.858. The molecule has 0 fully saturated rings. The number of anilines is 1. The van der Waals surface area contributed by atoms with Crippen molar-refractivity contribution in [2.75, 3.05) is 12.5 Å². The standard InChI is InChI=1S/C7H10N2OS/c8-4-10-5-1-2-7(11)6(9)3-5/h1-3,11H,4,8-9H2. The van der Waals surface area contributed by atoms with Crippen LogP contribution in [0.4, 0.5) is 5.69 Å². The number of thiol groups is 1. The minimum atomic E-state index is 0.158. The van der Waals surface area contributed by atoms with E-state index < -0.39 is 0 Å². The maximum absolute atomic E-state index is 5.55. The van der Waals surface area contributed by atoms with Gasteiger partial charge in [0, 0.05) is 16.6 Å². The highest BCUT2D eigenvalue weighted by Crippen LogP contribution is 2.21. The third kappa shape index (κ3) is 2.03. The number of rotatable bonds is 2. The molecule has 4 N–H and O–H groups in total. The largest absolute Gasteiger partial charge is 0.479 e. The molecule has 0 aliphatic rings. The van der Waals surface area contributed by atoms with Crippen molar-refractivity contribution in [3.63, 3.8) is 0 Å². The van der Waals surface area contributed by atoms with Crippen molar-refractivity contribution in [1.29, 1.82) is 0 Å². The average molecular weight is 170 g/mol. The summed E-state index contributed by atoms with van der Waals surface area (Å²) in [6, 6.07) is 5.23. The summed E-state index contributed by atoms with van der Waals surface area (Å²) in [6.07, 6.45) is 0. The first-order chi connectivity index (χ1) is 5.24. The second-order valence-corrected chi connectivity index (χ2v) is 2.51. The summed E-state index contributed by atoms with van der Waals surface area (Å²) < 4.78 is 5.01. The lowest BCUT2D eigenvalue weighted by molar-refractivity contribution is 0.329. The molecule has 1 aromatic carbocycles. The van der Waals surface area contributed by atoms with E-state index in [1.54, 1.807) is 18.2 Å². The van der Waals surface area contributed by atoms with Crippen LogP contribution in [0.1, 0.15) is 0 Å². The van der Waals surface area contributed by atoms with Crippen LogP contribution in [0, 0.1) is 0 Å². The molecule has 1 rings (SSSR count). The second kappa shape index (κ2) is 3.50. The van der Waals surface area contributed by atoms with Gasteiger partial charge in [0.15, 0.2) is 0 Å². The van der Waals surface area contributed by atoms with Crippen LogP contribution in [0.25, 0.3) is 0 Å². The van der Waals surface area contributed by atoms with Gasteiger partial charge in [-0.25, -0.2) is 0 Å². The predicted octanol–water partition coefficient (Wildman–Crippen LogP) is 0.853. The summed E-state index contributed by atoms with van der Waals surface area (Å²) in [5.74, 6) is 0.669. The van der Waals surface area contributed by atoms with Gasteiger partial charge in [0.2, 0.25) is 0 Å². The Morgan fingerprint density at radius 2 is 2.18 bits per heavy atom. The van der Waals surface area contributed by atoms with Crippen molar-refractivity contribution in [2.24, 2.45) is 5.73 Å². The maximum Gasteiger partial charge on any atom is 0.137 e. The fourth-order valence-electron chi connectivity index (χ4n) is 0.719. The molecule has 60 valence electrons. The molecular weight excluding hydrogens is 160 g/mol. The van der Waals surface area contributed by atoms with Crippen molar-refractivity contribution in [1.82, 2.24) is 0 Å². The molecule has 0 aromatic heterocycles. The van der Waals surface area contributed by atoms with Crippen molar-refractivity contribution in [2.45, 2.75) is 4.90 Å². The number of nitrogen functional groups attached to an aromatic ring is 1. The van der Waals surface area contributed by atoms with Gasteiger partial charge in [-0.1, -0.05) is 0 Å². The molecule has 0 radical (unpaired) electrons. The minimum absolute atomic E-state index is 0.158. The summed E-state index contributed by atoms with van der Waals surface area (Å²) in [7, 11) is 0. The molecule has 0 aliphatic carbocycles. The van der Waals surface area contributed by atoms with Crippen LogP contribution < -0.4 is 16.2 Å². The van der Waals surface area contributed by atoms with Crippen LogP contribution in [-0.4, -0.2) is 6.73 Å². The van der Waals surface area contributed by atoms with Crippen LogP contribution in [0.15, 0.2) is 23.1 Å². The Bertz CT molecular complexity index is 252. The molecule has 0 amide bonds. The first-order valence-electron chi connectivity index (χ1n) is 3.15. The topological polar surface area (TPSA) is 61.3 Å². The number of ether oxygens (including phenoxy) is 1. The molecule has 0 atom stereocenters. The SMILES string of the molecule is NCOc1ccc(S)c(N)c1. The number of nitrogens with two attached hydrogens (primary N) is 2. The molecule has 0 saturated heterocycles. The zero-order valence-corrected chi connectivity index (χ0v) is 6.84. The van der Waals surface area contributed by atoms with Crippen LogP contribution in [0.3, 0.4) is 0 Å². The molecule has 0 spiro atoms. The third-order valence-corrected chi connectivity index (χ3v) is 1.66. The Kier molecular flexibility index (Phi) is 2.62. The van der Waals surface area contributed by atoms with Crippen molar-refractivity contribution in [3.05, 3.63) is 18.2 Å². The van der Waals surface area contributed by atoms with Gasteiger partial charge < -0.3 is 10.5 Å². The molecule has 3 nitrogen and oxygen atoms in total. The van der Waals surface area contributed by atoms with Crippen LogP contribution in [0.5, 0.6) is 5.75 Å². The van der Waals surface area contributed by atoms with Crippen LogP contribution in [0.2, 0.25) is 0 Å². The van der Waals surface area contributed by atoms with Gasteiger partial charge in [0.25, 0.3) is 0 Å². The summed E-state index contributed by atoms with van der Waals surface area (Å²) in [6.45, 7) is 0.158. The highest BCUT2D eigenvalue weighted by atomic mass is 32.1. The normalized spacial score (nSPS) is 9.64. The van der Waals surface area contributed by atoms with E-state index in [0.717, 1.165) is 4.90 Å². The third-order valence-electron chi connectivity index (χ3n) is 1.25. The molecule has 0 unspecified atom stereocenters. The lowest BCUT2D eigenvalue weighted by atomic mass is 10.3. The van der Waals surface area contributed by atoms with E-state index in [1.165, 1.54) is 0 Å². The first kappa shape index (κ1) is 8.23. The van der Waals surface area contributed by atoms with Gasteiger partial charge in [0.05, 0.1) is 0 Å². The van der Waals surface area contributed by atoms with Crippen molar-refractivity contribution >= 4 is 18.3 Å². The average Bonchev–Trinajstić information content (AvgIpc) is 1.98. The molecule has 0 bridgehead atoms. The van der Waals surface area contributed by atoms with Gasteiger partial charge in [-0.3, -0.25) is 5.73 Å². The van der Waals surface area contributed by atoms with E-state index in [1.807, 2.05) is 0 Å². The van der Waals surface area contributed by atoms with E-state index >= 15 is 0 Å². The number of hydrogen-bond donors (Lipinski definition) is 3. The van der Waals surface area contributed by atoms with E-state index in [9.17, 15) is 0 Å². The summed E-state index contributed by atoms with van der Waals surface area (Å²) in [5, 5.41) is 0. The van der Waals surface area contributed by atoms with E-state index in [0.29, 0.717) is 11.4 Å². The smallest absolute Gasteiger partial charge is 0.137 e. The molecule has 0 aliphatic heterocycles. The summed E-state index contributed by atoms with van der Waals surface area (Å²) in [4.78, 5) is 0.745. The van der Waals surface area contributed by atoms with Crippen molar-refractivity contribution in [3.8, 4) is 5.75 Å². The molecular formula is C7H10N2OS. The van der Waals surface area contributed by atoms with E-state index in [-0.39, 0.29) is 6.73 Å². The zero-order chi connectivity index (χ0) is 8.27. The Morgan fingerprint density at radius 1 is 1.45 bits per heavy atom. The van der Waals surface area contributed by atoms with Gasteiger partial charge in [-0.05, 0) is 12.1 Å². The molecule has 0 heterocycles. The highest BCUT2D eigenvalue weighted by molar-refractivity contribution is 7.80. The van der Waals surface area contributed by atoms with E-state index in [2.05, 4.69) is 12.6 Å². The van der Waals surface area contributed by atoms with Gasteiger partial charge >= 0.3 is 0 Å². The molecule has 0 saturated carbocycles. The Hall–Kier alpha value is -0.870. The summed E-state index contributed by atoms with van der Waals surface area (Å²) >= 11 is 4.10. The molecule has 4 heteroatoms. The highest BCUT2D eigenvalue weighted by Gasteiger charge is 1.96. The predicted molar refractivity (Wildman–Crippen MR) is 47.8 cm³/mol.